The number of nitrogens with zero attached hydrogens (tertiary/aromatic N) is 5. The third-order valence-electron chi connectivity index (χ3n) is 5.18. The Morgan fingerprint density at radius 3 is 2.93 bits per heavy atom. The van der Waals surface area contributed by atoms with Gasteiger partial charge in [0.15, 0.2) is 0 Å². The van der Waals surface area contributed by atoms with E-state index in [1.54, 1.807) is 16.7 Å². The highest BCUT2D eigenvalue weighted by atomic mass is 32.2. The summed E-state index contributed by atoms with van der Waals surface area (Å²) >= 11 is 1.36. The molecule has 30 heavy (non-hydrogen) atoms. The van der Waals surface area contributed by atoms with Crippen LogP contribution in [0.4, 0.5) is 0 Å². The van der Waals surface area contributed by atoms with Crippen molar-refractivity contribution < 1.29 is 14.3 Å². The first-order chi connectivity index (χ1) is 14.6. The predicted octanol–water partition coefficient (Wildman–Crippen LogP) is 2.76. The average molecular weight is 428 g/mol. The second kappa shape index (κ2) is 9.44. The van der Waals surface area contributed by atoms with Gasteiger partial charge in [-0.1, -0.05) is 30.0 Å². The van der Waals surface area contributed by atoms with Crippen LogP contribution < -0.4 is 4.74 Å². The van der Waals surface area contributed by atoms with Crippen molar-refractivity contribution in [1.29, 1.82) is 0 Å². The first kappa shape index (κ1) is 20.6. The number of fused-ring (bicyclic) bond motifs is 1. The Balaban J connectivity index is 1.33. The van der Waals surface area contributed by atoms with Gasteiger partial charge < -0.3 is 14.4 Å². The lowest BCUT2D eigenvalue weighted by Gasteiger charge is -2.17. The summed E-state index contributed by atoms with van der Waals surface area (Å²) in [6.07, 6.45) is 2.24. The van der Waals surface area contributed by atoms with Gasteiger partial charge in [0, 0.05) is 20.2 Å². The van der Waals surface area contributed by atoms with Crippen molar-refractivity contribution in [3.8, 4) is 5.75 Å². The molecule has 2 aromatic carbocycles. The molecule has 1 aliphatic heterocycles. The molecule has 1 amide bonds. The van der Waals surface area contributed by atoms with Crippen molar-refractivity contribution in [2.45, 2.75) is 37.2 Å². The molecule has 8 nitrogen and oxygen atoms in total. The van der Waals surface area contributed by atoms with Crippen LogP contribution in [0.25, 0.3) is 10.8 Å². The molecule has 0 N–H and O–H groups in total. The van der Waals surface area contributed by atoms with Crippen LogP contribution in [0, 0.1) is 0 Å². The van der Waals surface area contributed by atoms with Gasteiger partial charge in [-0.3, -0.25) is 4.79 Å². The van der Waals surface area contributed by atoms with E-state index >= 15 is 0 Å². The summed E-state index contributed by atoms with van der Waals surface area (Å²) in [5, 5.41) is 14.7. The zero-order chi connectivity index (χ0) is 20.9. The van der Waals surface area contributed by atoms with E-state index in [4.69, 9.17) is 9.47 Å². The lowest BCUT2D eigenvalue weighted by atomic mass is 10.1. The van der Waals surface area contributed by atoms with Crippen LogP contribution in [0.15, 0.2) is 41.6 Å². The molecule has 4 rings (SSSR count). The Bertz CT molecular complexity index is 1020. The number of thioether (sulfide) groups is 1. The molecule has 1 aromatic heterocycles. The fourth-order valence-electron chi connectivity index (χ4n) is 3.49. The van der Waals surface area contributed by atoms with Crippen LogP contribution in [0.1, 0.15) is 18.4 Å². The molecule has 0 bridgehead atoms. The number of tetrazole rings is 1. The summed E-state index contributed by atoms with van der Waals surface area (Å²) in [7, 11) is 3.48. The van der Waals surface area contributed by atoms with Crippen LogP contribution in [0.2, 0.25) is 0 Å². The predicted molar refractivity (Wildman–Crippen MR) is 114 cm³/mol. The fraction of sp³-hybridized carbons (Fsp3) is 0.429. The Labute approximate surface area is 179 Å². The molecule has 0 radical (unpaired) electrons. The normalized spacial score (nSPS) is 16.1. The van der Waals surface area contributed by atoms with E-state index in [9.17, 15) is 4.79 Å². The van der Waals surface area contributed by atoms with Gasteiger partial charge in [-0.05, 0) is 57.8 Å². The maximum Gasteiger partial charge on any atom is 0.233 e. The standard InChI is InChI=1S/C21H25N5O3S/c1-25(12-15-5-6-17-11-18(28-2)8-7-16(17)10-15)20(27)14-30-21-22-23-24-26(21)13-19-4-3-9-29-19/h5-8,10-11,19H,3-4,9,12-14H2,1-2H3/t19-/m1/s1. The third kappa shape index (κ3) is 4.91. The number of ether oxygens (including phenoxy) is 2. The third-order valence-corrected chi connectivity index (χ3v) is 6.12. The largest absolute Gasteiger partial charge is 0.497 e. The van der Waals surface area contributed by atoms with E-state index in [-0.39, 0.29) is 17.8 Å². The average Bonchev–Trinajstić information content (AvgIpc) is 3.44. The molecule has 3 aromatic rings. The fourth-order valence-corrected chi connectivity index (χ4v) is 4.32. The van der Waals surface area contributed by atoms with Crippen molar-refractivity contribution in [3.63, 3.8) is 0 Å². The van der Waals surface area contributed by atoms with Gasteiger partial charge in [0.25, 0.3) is 0 Å². The van der Waals surface area contributed by atoms with Gasteiger partial charge in [0.2, 0.25) is 11.1 Å². The van der Waals surface area contributed by atoms with Gasteiger partial charge in [-0.2, -0.15) is 0 Å². The zero-order valence-electron chi connectivity index (χ0n) is 17.2. The highest BCUT2D eigenvalue weighted by Crippen LogP contribution is 2.23. The van der Waals surface area contributed by atoms with Crippen LogP contribution in [0.3, 0.4) is 0 Å². The van der Waals surface area contributed by atoms with Crippen molar-refractivity contribution in [1.82, 2.24) is 25.1 Å². The first-order valence-electron chi connectivity index (χ1n) is 9.93. The van der Waals surface area contributed by atoms with E-state index in [0.29, 0.717) is 18.2 Å². The first-order valence-corrected chi connectivity index (χ1v) is 10.9. The number of rotatable bonds is 8. The van der Waals surface area contributed by atoms with E-state index in [1.807, 2.05) is 31.3 Å². The molecular weight excluding hydrogens is 402 g/mol. The maximum absolute atomic E-state index is 12.6. The number of carbonyl (C=O) groups is 1. The Morgan fingerprint density at radius 1 is 1.30 bits per heavy atom. The molecule has 1 atom stereocenters. The lowest BCUT2D eigenvalue weighted by molar-refractivity contribution is -0.127. The SMILES string of the molecule is COc1ccc2cc(CN(C)C(=O)CSc3nnnn3C[C@H]3CCCO3)ccc2c1. The molecule has 0 spiro atoms. The molecule has 158 valence electrons. The number of benzene rings is 2. The van der Waals surface area contributed by atoms with Crippen molar-refractivity contribution in [2.24, 2.45) is 0 Å². The van der Waals surface area contributed by atoms with Crippen molar-refractivity contribution >= 4 is 28.4 Å². The number of hydrogen-bond acceptors (Lipinski definition) is 7. The molecule has 9 heteroatoms. The van der Waals surface area contributed by atoms with Gasteiger partial charge in [-0.15, -0.1) is 5.10 Å². The Kier molecular flexibility index (Phi) is 6.49. The van der Waals surface area contributed by atoms with E-state index in [0.717, 1.165) is 41.5 Å². The van der Waals surface area contributed by atoms with Crippen molar-refractivity contribution in [2.75, 3.05) is 26.5 Å². The number of carbonyl (C=O) groups excluding carboxylic acids is 1. The summed E-state index contributed by atoms with van der Waals surface area (Å²) in [5.74, 6) is 1.15. The summed E-state index contributed by atoms with van der Waals surface area (Å²) in [4.78, 5) is 14.4. The molecule has 0 aliphatic carbocycles. The minimum Gasteiger partial charge on any atom is -0.497 e. The van der Waals surface area contributed by atoms with Crippen LogP contribution >= 0.6 is 11.8 Å². The van der Waals surface area contributed by atoms with Crippen LogP contribution in [-0.2, 0) is 22.6 Å². The number of methoxy groups -OCH3 is 1. The molecule has 0 saturated carbocycles. The smallest absolute Gasteiger partial charge is 0.233 e. The molecule has 1 fully saturated rings. The Morgan fingerprint density at radius 2 is 2.13 bits per heavy atom. The molecular formula is C21H25N5O3S. The van der Waals surface area contributed by atoms with Gasteiger partial charge in [-0.25, -0.2) is 4.68 Å². The second-order valence-electron chi connectivity index (χ2n) is 7.36. The van der Waals surface area contributed by atoms with E-state index in [1.165, 1.54) is 11.8 Å². The van der Waals surface area contributed by atoms with Gasteiger partial charge in [0.05, 0.1) is 25.5 Å². The maximum atomic E-state index is 12.6. The summed E-state index contributed by atoms with van der Waals surface area (Å²) in [6.45, 7) is 1.96. The van der Waals surface area contributed by atoms with E-state index < -0.39 is 0 Å². The molecule has 2 heterocycles. The monoisotopic (exact) mass is 427 g/mol. The number of hydrogen-bond donors (Lipinski definition) is 0. The quantitative estimate of drug-likeness (QED) is 0.511. The Hall–Kier alpha value is -2.65. The number of aromatic nitrogens is 4. The van der Waals surface area contributed by atoms with Gasteiger partial charge in [0.1, 0.15) is 5.75 Å². The summed E-state index contributed by atoms with van der Waals surface area (Å²) in [6, 6.07) is 12.2. The summed E-state index contributed by atoms with van der Waals surface area (Å²) in [5.41, 5.74) is 1.08. The lowest BCUT2D eigenvalue weighted by Crippen LogP contribution is -2.28. The van der Waals surface area contributed by atoms with Crippen molar-refractivity contribution in [3.05, 3.63) is 42.0 Å². The highest BCUT2D eigenvalue weighted by molar-refractivity contribution is 7.99. The highest BCUT2D eigenvalue weighted by Gasteiger charge is 2.20. The molecule has 1 aliphatic rings. The van der Waals surface area contributed by atoms with Crippen LogP contribution in [0.5, 0.6) is 5.75 Å². The zero-order valence-corrected chi connectivity index (χ0v) is 18.0. The topological polar surface area (TPSA) is 82.4 Å². The number of amides is 1. The molecule has 0 unspecified atom stereocenters. The summed E-state index contributed by atoms with van der Waals surface area (Å²) < 4.78 is 12.6. The van der Waals surface area contributed by atoms with Gasteiger partial charge >= 0.3 is 0 Å². The minimum absolute atomic E-state index is 0.0292. The second-order valence-corrected chi connectivity index (χ2v) is 8.31. The molecule has 1 saturated heterocycles. The van der Waals surface area contributed by atoms with Crippen LogP contribution in [-0.4, -0.2) is 63.6 Å². The minimum atomic E-state index is 0.0292. The van der Waals surface area contributed by atoms with E-state index in [2.05, 4.69) is 27.7 Å².